The molecule has 2 heterocycles. The van der Waals surface area contributed by atoms with Gasteiger partial charge in [-0.2, -0.15) is 0 Å². The van der Waals surface area contributed by atoms with Gasteiger partial charge in [-0.25, -0.2) is 4.79 Å². The summed E-state index contributed by atoms with van der Waals surface area (Å²) in [6, 6.07) is 15.3. The molecule has 0 bridgehead atoms. The molecule has 0 aliphatic rings. The van der Waals surface area contributed by atoms with Gasteiger partial charge in [0.15, 0.2) is 4.67 Å². The van der Waals surface area contributed by atoms with E-state index in [1.54, 1.807) is 23.3 Å². The van der Waals surface area contributed by atoms with Crippen LogP contribution in [0.25, 0.3) is 10.4 Å². The largest absolute Gasteiger partial charge is 0.452 e. The molecule has 3 rings (SSSR count). The van der Waals surface area contributed by atoms with Gasteiger partial charge in [0.05, 0.1) is 12.2 Å². The van der Waals surface area contributed by atoms with E-state index < -0.39 is 0 Å². The summed E-state index contributed by atoms with van der Waals surface area (Å²) in [5.74, 6) is 0.723. The highest BCUT2D eigenvalue weighted by Crippen LogP contribution is 2.31. The molecule has 0 atom stereocenters. The Morgan fingerprint density at radius 1 is 1.22 bits per heavy atom. The van der Waals surface area contributed by atoms with E-state index in [-0.39, 0.29) is 6.03 Å². The number of furan rings is 1. The second kappa shape index (κ2) is 7.02. The first-order valence-corrected chi connectivity index (χ1v) is 8.70. The third kappa shape index (κ3) is 3.83. The van der Waals surface area contributed by atoms with Crippen molar-refractivity contribution in [1.82, 2.24) is 4.90 Å². The van der Waals surface area contributed by atoms with E-state index in [1.165, 1.54) is 0 Å². The molecule has 3 aromatic rings. The Morgan fingerprint density at radius 2 is 2.04 bits per heavy atom. The summed E-state index contributed by atoms with van der Waals surface area (Å²) in [5, 5.41) is 4.99. The molecule has 2 aromatic heterocycles. The maximum atomic E-state index is 12.4. The molecule has 0 aliphatic carbocycles. The van der Waals surface area contributed by atoms with Crippen LogP contribution in [-0.4, -0.2) is 18.0 Å². The van der Waals surface area contributed by atoms with Crippen LogP contribution in [0.4, 0.5) is 10.5 Å². The van der Waals surface area contributed by atoms with E-state index >= 15 is 0 Å². The topological polar surface area (TPSA) is 45.5 Å². The molecular formula is C17H15BrN2O2S. The molecule has 118 valence electrons. The van der Waals surface area contributed by atoms with E-state index in [9.17, 15) is 4.79 Å². The van der Waals surface area contributed by atoms with Crippen molar-refractivity contribution >= 4 is 39.0 Å². The lowest BCUT2D eigenvalue weighted by Crippen LogP contribution is -2.30. The SMILES string of the molecule is CN(Cc1ccc(Br)o1)C(=O)Nc1ccccc1-c1cccs1. The number of hydrogen-bond acceptors (Lipinski definition) is 3. The number of para-hydroxylation sites is 1. The second-order valence-corrected chi connectivity index (χ2v) is 6.74. The fourth-order valence-corrected chi connectivity index (χ4v) is 3.30. The lowest BCUT2D eigenvalue weighted by molar-refractivity contribution is 0.216. The van der Waals surface area contributed by atoms with Gasteiger partial charge >= 0.3 is 6.03 Å². The van der Waals surface area contributed by atoms with Crippen LogP contribution in [0.1, 0.15) is 5.76 Å². The Kier molecular flexibility index (Phi) is 4.83. The number of benzene rings is 1. The minimum absolute atomic E-state index is 0.179. The summed E-state index contributed by atoms with van der Waals surface area (Å²) in [4.78, 5) is 15.1. The van der Waals surface area contributed by atoms with Crippen LogP contribution in [0, 0.1) is 0 Å². The zero-order valence-corrected chi connectivity index (χ0v) is 14.9. The van der Waals surface area contributed by atoms with E-state index in [0.29, 0.717) is 11.2 Å². The van der Waals surface area contributed by atoms with Gasteiger partial charge in [-0.15, -0.1) is 11.3 Å². The van der Waals surface area contributed by atoms with Crippen LogP contribution in [0.2, 0.25) is 0 Å². The molecular weight excluding hydrogens is 376 g/mol. The van der Waals surface area contributed by atoms with Crippen molar-refractivity contribution in [2.24, 2.45) is 0 Å². The Labute approximate surface area is 146 Å². The van der Waals surface area contributed by atoms with Crippen LogP contribution in [-0.2, 0) is 6.54 Å². The molecule has 0 radical (unpaired) electrons. The van der Waals surface area contributed by atoms with Crippen LogP contribution in [0.5, 0.6) is 0 Å². The van der Waals surface area contributed by atoms with E-state index in [4.69, 9.17) is 4.42 Å². The molecule has 0 spiro atoms. The first-order valence-electron chi connectivity index (χ1n) is 7.03. The van der Waals surface area contributed by atoms with Gasteiger partial charge in [0.2, 0.25) is 0 Å². The fraction of sp³-hybridized carbons (Fsp3) is 0.118. The Bertz CT molecular complexity index is 799. The number of nitrogens with one attached hydrogen (secondary N) is 1. The van der Waals surface area contributed by atoms with Gasteiger partial charge in [-0.05, 0) is 45.6 Å². The van der Waals surface area contributed by atoms with E-state index in [1.807, 2.05) is 53.9 Å². The van der Waals surface area contributed by atoms with Crippen LogP contribution < -0.4 is 5.32 Å². The number of carbonyl (C=O) groups is 1. The van der Waals surface area contributed by atoms with Crippen molar-refractivity contribution in [3.8, 4) is 10.4 Å². The smallest absolute Gasteiger partial charge is 0.322 e. The zero-order valence-electron chi connectivity index (χ0n) is 12.5. The maximum Gasteiger partial charge on any atom is 0.322 e. The average molecular weight is 391 g/mol. The molecule has 23 heavy (non-hydrogen) atoms. The Morgan fingerprint density at radius 3 is 2.74 bits per heavy atom. The monoisotopic (exact) mass is 390 g/mol. The molecule has 0 saturated heterocycles. The number of hydrogen-bond donors (Lipinski definition) is 1. The lowest BCUT2D eigenvalue weighted by Gasteiger charge is -2.18. The predicted octanol–water partition coefficient (Wildman–Crippen LogP) is 5.43. The van der Waals surface area contributed by atoms with Gasteiger partial charge in [0.1, 0.15) is 5.76 Å². The van der Waals surface area contributed by atoms with Crippen molar-refractivity contribution in [3.05, 3.63) is 64.3 Å². The lowest BCUT2D eigenvalue weighted by atomic mass is 10.1. The summed E-state index contributed by atoms with van der Waals surface area (Å²) >= 11 is 4.91. The van der Waals surface area contributed by atoms with Gasteiger partial charge < -0.3 is 14.6 Å². The first-order chi connectivity index (χ1) is 11.1. The summed E-state index contributed by atoms with van der Waals surface area (Å²) in [5.41, 5.74) is 1.82. The molecule has 1 aromatic carbocycles. The van der Waals surface area contributed by atoms with Crippen molar-refractivity contribution in [1.29, 1.82) is 0 Å². The van der Waals surface area contributed by atoms with Crippen molar-refractivity contribution in [2.75, 3.05) is 12.4 Å². The summed E-state index contributed by atoms with van der Waals surface area (Å²) in [6.07, 6.45) is 0. The summed E-state index contributed by atoms with van der Waals surface area (Å²) in [7, 11) is 1.74. The third-order valence-electron chi connectivity index (χ3n) is 3.32. The normalized spacial score (nSPS) is 10.5. The third-order valence-corrected chi connectivity index (χ3v) is 4.65. The van der Waals surface area contributed by atoms with E-state index in [2.05, 4.69) is 21.2 Å². The molecule has 0 unspecified atom stereocenters. The first kappa shape index (κ1) is 15.8. The minimum Gasteiger partial charge on any atom is -0.452 e. The number of urea groups is 1. The molecule has 4 nitrogen and oxygen atoms in total. The molecule has 0 saturated carbocycles. The van der Waals surface area contributed by atoms with Crippen LogP contribution in [0.15, 0.2) is 63.0 Å². The fourth-order valence-electron chi connectivity index (χ4n) is 2.19. The number of anilines is 1. The quantitative estimate of drug-likeness (QED) is 0.644. The zero-order chi connectivity index (χ0) is 16.2. The highest BCUT2D eigenvalue weighted by atomic mass is 79.9. The highest BCUT2D eigenvalue weighted by molar-refractivity contribution is 9.10. The average Bonchev–Trinajstić information content (AvgIpc) is 3.19. The van der Waals surface area contributed by atoms with Gasteiger partial charge in [0, 0.05) is 17.5 Å². The number of carbonyl (C=O) groups excluding carboxylic acids is 1. The minimum atomic E-state index is -0.179. The van der Waals surface area contributed by atoms with Crippen molar-refractivity contribution in [2.45, 2.75) is 6.54 Å². The van der Waals surface area contributed by atoms with Crippen LogP contribution in [0.3, 0.4) is 0 Å². The molecule has 6 heteroatoms. The highest BCUT2D eigenvalue weighted by Gasteiger charge is 2.14. The summed E-state index contributed by atoms with van der Waals surface area (Å²) in [6.45, 7) is 0.401. The van der Waals surface area contributed by atoms with E-state index in [0.717, 1.165) is 21.9 Å². The van der Waals surface area contributed by atoms with Crippen LogP contribution >= 0.6 is 27.3 Å². The molecule has 2 amide bonds. The second-order valence-electron chi connectivity index (χ2n) is 5.01. The Hall–Kier alpha value is -2.05. The van der Waals surface area contributed by atoms with Gasteiger partial charge in [0.25, 0.3) is 0 Å². The number of thiophene rings is 1. The number of amides is 2. The van der Waals surface area contributed by atoms with Gasteiger partial charge in [-0.1, -0.05) is 24.3 Å². The number of rotatable bonds is 4. The standard InChI is InChI=1S/C17H15BrN2O2S/c1-20(11-12-8-9-16(18)22-12)17(21)19-14-6-3-2-5-13(14)15-7-4-10-23-15/h2-10H,11H2,1H3,(H,19,21). The summed E-state index contributed by atoms with van der Waals surface area (Å²) < 4.78 is 6.09. The maximum absolute atomic E-state index is 12.4. The van der Waals surface area contributed by atoms with Crippen molar-refractivity contribution < 1.29 is 9.21 Å². The number of nitrogens with zero attached hydrogens (tertiary/aromatic N) is 1. The van der Waals surface area contributed by atoms with Gasteiger partial charge in [-0.3, -0.25) is 0 Å². The molecule has 0 fully saturated rings. The van der Waals surface area contributed by atoms with Crippen molar-refractivity contribution in [3.63, 3.8) is 0 Å². The molecule has 0 aliphatic heterocycles. The molecule has 1 N–H and O–H groups in total. The predicted molar refractivity (Wildman–Crippen MR) is 96.6 cm³/mol. The number of halogens is 1. The Balaban J connectivity index is 1.73.